The van der Waals surface area contributed by atoms with Gasteiger partial charge in [0.15, 0.2) is 0 Å². The van der Waals surface area contributed by atoms with Crippen LogP contribution in [0.2, 0.25) is 0 Å². The van der Waals surface area contributed by atoms with Crippen molar-refractivity contribution in [3.63, 3.8) is 0 Å². The fourth-order valence-corrected chi connectivity index (χ4v) is 4.55. The number of imide groups is 1. The van der Waals surface area contributed by atoms with E-state index in [0.29, 0.717) is 25.1 Å². The molecule has 1 aromatic rings. The van der Waals surface area contributed by atoms with E-state index in [1.54, 1.807) is 11.0 Å². The highest BCUT2D eigenvalue weighted by Crippen LogP contribution is 2.32. The van der Waals surface area contributed by atoms with E-state index in [9.17, 15) is 23.6 Å². The van der Waals surface area contributed by atoms with Gasteiger partial charge in [0.05, 0.1) is 10.8 Å². The number of nitrogens with one attached hydrogen (secondary N) is 1. The quantitative estimate of drug-likeness (QED) is 0.680. The summed E-state index contributed by atoms with van der Waals surface area (Å²) in [5, 5.41) is 2.39. The van der Waals surface area contributed by atoms with Gasteiger partial charge in [0.1, 0.15) is 5.82 Å². The van der Waals surface area contributed by atoms with Gasteiger partial charge in [0, 0.05) is 31.6 Å². The minimum Gasteiger partial charge on any atom is -0.354 e. The third-order valence-corrected chi connectivity index (χ3v) is 6.30. The molecule has 2 saturated heterocycles. The van der Waals surface area contributed by atoms with E-state index in [1.165, 1.54) is 24.3 Å². The zero-order valence-corrected chi connectivity index (χ0v) is 19.3. The minimum atomic E-state index is -0.494. The Balaban J connectivity index is 1.52. The number of rotatable bonds is 5. The topological polar surface area (TPSA) is 86.8 Å². The Bertz CT molecular complexity index is 940. The summed E-state index contributed by atoms with van der Waals surface area (Å²) in [6.07, 6.45) is 3.00. The molecule has 1 unspecified atom stereocenters. The smallest absolute Gasteiger partial charge is 0.293 e. The second kappa shape index (κ2) is 9.85. The molecule has 4 amide bonds. The lowest BCUT2D eigenvalue weighted by Gasteiger charge is -2.35. The molecule has 32 heavy (non-hydrogen) atoms. The van der Waals surface area contributed by atoms with E-state index < -0.39 is 16.6 Å². The molecular formula is C23H28FN3O4S. The summed E-state index contributed by atoms with van der Waals surface area (Å²) in [5.74, 6) is -1.26. The molecule has 7 nitrogen and oxygen atoms in total. The van der Waals surface area contributed by atoms with E-state index in [0.717, 1.165) is 23.1 Å². The Morgan fingerprint density at radius 2 is 1.91 bits per heavy atom. The number of carbonyl (C=O) groups is 4. The third-order valence-electron chi connectivity index (χ3n) is 5.40. The van der Waals surface area contributed by atoms with Gasteiger partial charge in [-0.25, -0.2) is 4.39 Å². The van der Waals surface area contributed by atoms with E-state index in [-0.39, 0.29) is 41.5 Å². The van der Waals surface area contributed by atoms with Crippen LogP contribution >= 0.6 is 11.8 Å². The molecule has 0 radical (unpaired) electrons. The Labute approximate surface area is 191 Å². The Morgan fingerprint density at radius 3 is 2.56 bits per heavy atom. The summed E-state index contributed by atoms with van der Waals surface area (Å²) >= 11 is 0.821. The number of nitrogens with zero attached hydrogens (tertiary/aromatic N) is 2. The van der Waals surface area contributed by atoms with Crippen LogP contribution in [-0.4, -0.2) is 58.9 Å². The summed E-state index contributed by atoms with van der Waals surface area (Å²) in [4.78, 5) is 53.0. The molecule has 0 aromatic heterocycles. The second-order valence-electron chi connectivity index (χ2n) is 9.02. The first-order chi connectivity index (χ1) is 15.1. The van der Waals surface area contributed by atoms with Gasteiger partial charge in [-0.05, 0) is 48.4 Å². The number of piperidine rings is 1. The SMILES string of the molecule is CC(C)(C)C(=O)N1CCCC(C(=O)NCCN2C(=O)S/C(=C/c3ccc(F)cc3)C2=O)C1. The van der Waals surface area contributed by atoms with Gasteiger partial charge in [-0.2, -0.15) is 0 Å². The number of halogens is 1. The maximum Gasteiger partial charge on any atom is 0.293 e. The number of benzene rings is 1. The fraction of sp³-hybridized carbons (Fsp3) is 0.478. The predicted octanol–water partition coefficient (Wildman–Crippen LogP) is 3.26. The van der Waals surface area contributed by atoms with Crippen molar-refractivity contribution < 1.29 is 23.6 Å². The van der Waals surface area contributed by atoms with Crippen LogP contribution in [0.1, 0.15) is 39.2 Å². The lowest BCUT2D eigenvalue weighted by molar-refractivity contribution is -0.142. The third kappa shape index (κ3) is 5.76. The van der Waals surface area contributed by atoms with Gasteiger partial charge in [-0.15, -0.1) is 0 Å². The zero-order valence-electron chi connectivity index (χ0n) is 18.5. The Kier molecular flexibility index (Phi) is 7.38. The van der Waals surface area contributed by atoms with Gasteiger partial charge in [0.25, 0.3) is 11.1 Å². The molecule has 172 valence electrons. The molecule has 1 aromatic carbocycles. The molecule has 9 heteroatoms. The molecule has 1 atom stereocenters. The largest absolute Gasteiger partial charge is 0.354 e. The average molecular weight is 462 g/mol. The highest BCUT2D eigenvalue weighted by Gasteiger charge is 2.36. The summed E-state index contributed by atoms with van der Waals surface area (Å²) < 4.78 is 13.0. The maximum absolute atomic E-state index is 13.0. The van der Waals surface area contributed by atoms with Crippen LogP contribution in [-0.2, 0) is 14.4 Å². The Hall–Kier alpha value is -2.68. The van der Waals surface area contributed by atoms with Crippen molar-refractivity contribution in [3.05, 3.63) is 40.6 Å². The monoisotopic (exact) mass is 461 g/mol. The standard InChI is InChI=1S/C23H28FN3O4S/c1-23(2,3)21(30)26-11-4-5-16(14-26)19(28)25-10-12-27-20(29)18(32-22(27)31)13-15-6-8-17(24)9-7-15/h6-9,13,16H,4-5,10-12,14H2,1-3H3,(H,25,28)/b18-13+. The van der Waals surface area contributed by atoms with Crippen molar-refractivity contribution in [1.82, 2.24) is 15.1 Å². The molecule has 0 saturated carbocycles. The number of hydrogen-bond donors (Lipinski definition) is 1. The molecule has 1 N–H and O–H groups in total. The van der Waals surface area contributed by atoms with Crippen molar-refractivity contribution in [2.75, 3.05) is 26.2 Å². The highest BCUT2D eigenvalue weighted by molar-refractivity contribution is 8.18. The molecule has 2 aliphatic rings. The molecule has 0 aliphatic carbocycles. The molecule has 3 rings (SSSR count). The molecule has 0 spiro atoms. The molecule has 0 bridgehead atoms. The fourth-order valence-electron chi connectivity index (χ4n) is 3.69. The van der Waals surface area contributed by atoms with Crippen LogP contribution in [0, 0.1) is 17.2 Å². The van der Waals surface area contributed by atoms with Crippen LogP contribution in [0.25, 0.3) is 6.08 Å². The van der Waals surface area contributed by atoms with Gasteiger partial charge in [0.2, 0.25) is 11.8 Å². The normalized spacial score (nSPS) is 20.8. The van der Waals surface area contributed by atoms with Crippen molar-refractivity contribution in [2.45, 2.75) is 33.6 Å². The zero-order chi connectivity index (χ0) is 23.5. The number of carbonyl (C=O) groups excluding carboxylic acids is 4. The van der Waals surface area contributed by atoms with E-state index in [4.69, 9.17) is 0 Å². The van der Waals surface area contributed by atoms with Crippen LogP contribution in [0.5, 0.6) is 0 Å². The predicted molar refractivity (Wildman–Crippen MR) is 121 cm³/mol. The van der Waals surface area contributed by atoms with Crippen molar-refractivity contribution >= 4 is 40.8 Å². The van der Waals surface area contributed by atoms with Gasteiger partial charge < -0.3 is 10.2 Å². The molecule has 2 aliphatic heterocycles. The summed E-state index contributed by atoms with van der Waals surface area (Å²) in [6.45, 7) is 6.82. The lowest BCUT2D eigenvalue weighted by atomic mass is 9.91. The van der Waals surface area contributed by atoms with Crippen molar-refractivity contribution in [3.8, 4) is 0 Å². The maximum atomic E-state index is 13.0. The van der Waals surface area contributed by atoms with E-state index in [2.05, 4.69) is 5.32 Å². The van der Waals surface area contributed by atoms with Crippen LogP contribution in [0.15, 0.2) is 29.2 Å². The van der Waals surface area contributed by atoms with Crippen LogP contribution < -0.4 is 5.32 Å². The highest BCUT2D eigenvalue weighted by atomic mass is 32.2. The van der Waals surface area contributed by atoms with E-state index in [1.807, 2.05) is 20.8 Å². The molecular weight excluding hydrogens is 433 g/mol. The van der Waals surface area contributed by atoms with Gasteiger partial charge >= 0.3 is 0 Å². The van der Waals surface area contributed by atoms with Gasteiger partial charge in [-0.1, -0.05) is 32.9 Å². The number of thioether (sulfide) groups is 1. The van der Waals surface area contributed by atoms with Crippen molar-refractivity contribution in [2.24, 2.45) is 11.3 Å². The minimum absolute atomic E-state index is 0.0285. The number of hydrogen-bond acceptors (Lipinski definition) is 5. The second-order valence-corrected chi connectivity index (χ2v) is 10.0. The lowest BCUT2D eigenvalue weighted by Crippen LogP contribution is -2.49. The van der Waals surface area contributed by atoms with Crippen molar-refractivity contribution in [1.29, 1.82) is 0 Å². The first-order valence-electron chi connectivity index (χ1n) is 10.6. The summed E-state index contributed by atoms with van der Waals surface area (Å²) in [6, 6.07) is 5.63. The molecule has 2 fully saturated rings. The summed E-state index contributed by atoms with van der Waals surface area (Å²) in [5.41, 5.74) is 0.128. The first-order valence-corrected chi connectivity index (χ1v) is 11.5. The van der Waals surface area contributed by atoms with E-state index >= 15 is 0 Å². The Morgan fingerprint density at radius 1 is 1.22 bits per heavy atom. The van der Waals surface area contributed by atoms with Crippen LogP contribution in [0.4, 0.5) is 9.18 Å². The number of likely N-dealkylation sites (tertiary alicyclic amines) is 1. The van der Waals surface area contributed by atoms with Gasteiger partial charge in [-0.3, -0.25) is 24.1 Å². The van der Waals surface area contributed by atoms with Crippen LogP contribution in [0.3, 0.4) is 0 Å². The average Bonchev–Trinajstić information content (AvgIpc) is 3.01. The number of amides is 4. The summed E-state index contributed by atoms with van der Waals surface area (Å²) in [7, 11) is 0. The first kappa shape index (κ1) is 24.0. The molecule has 2 heterocycles.